The van der Waals surface area contributed by atoms with Gasteiger partial charge in [-0.1, -0.05) is 43.2 Å². The Bertz CT molecular complexity index is 440. The maximum absolute atomic E-state index is 12.4. The van der Waals surface area contributed by atoms with Gasteiger partial charge in [-0.3, -0.25) is 0 Å². The first-order valence-electron chi connectivity index (χ1n) is 7.93. The molecule has 0 spiro atoms. The molecule has 2 aliphatic rings. The Morgan fingerprint density at radius 3 is 2.60 bits per heavy atom. The van der Waals surface area contributed by atoms with Crippen LogP contribution in [-0.4, -0.2) is 23.5 Å². The Kier molecular flexibility index (Phi) is 4.24. The molecule has 0 aromatic heterocycles. The van der Waals surface area contributed by atoms with Crippen molar-refractivity contribution in [3.05, 3.63) is 35.9 Å². The Hall–Kier alpha value is -1.51. The molecule has 3 heteroatoms. The van der Waals surface area contributed by atoms with Crippen LogP contribution < -0.4 is 5.32 Å². The number of likely N-dealkylation sites (tertiary alicyclic amines) is 1. The number of benzene rings is 1. The largest absolute Gasteiger partial charge is 0.334 e. The average molecular weight is 272 g/mol. The topological polar surface area (TPSA) is 32.3 Å². The highest BCUT2D eigenvalue weighted by Crippen LogP contribution is 2.35. The molecule has 0 bridgehead atoms. The third-order valence-corrected chi connectivity index (χ3v) is 4.79. The molecule has 20 heavy (non-hydrogen) atoms. The molecule has 1 N–H and O–H groups in total. The van der Waals surface area contributed by atoms with Gasteiger partial charge in [0.2, 0.25) is 0 Å². The van der Waals surface area contributed by atoms with Gasteiger partial charge in [-0.05, 0) is 37.2 Å². The molecular weight excluding hydrogens is 248 g/mol. The predicted molar refractivity (Wildman–Crippen MR) is 80.4 cm³/mol. The summed E-state index contributed by atoms with van der Waals surface area (Å²) < 4.78 is 0. The Morgan fingerprint density at radius 1 is 1.10 bits per heavy atom. The van der Waals surface area contributed by atoms with Crippen molar-refractivity contribution in [2.45, 2.75) is 51.1 Å². The fourth-order valence-corrected chi connectivity index (χ4v) is 3.75. The summed E-state index contributed by atoms with van der Waals surface area (Å²) in [6.07, 6.45) is 7.69. The maximum Gasteiger partial charge on any atom is 0.317 e. The molecule has 1 aliphatic heterocycles. The Morgan fingerprint density at radius 2 is 1.85 bits per heavy atom. The summed E-state index contributed by atoms with van der Waals surface area (Å²) >= 11 is 0. The van der Waals surface area contributed by atoms with E-state index in [1.165, 1.54) is 38.5 Å². The van der Waals surface area contributed by atoms with E-state index in [0.717, 1.165) is 18.0 Å². The van der Waals surface area contributed by atoms with Gasteiger partial charge < -0.3 is 10.2 Å². The molecule has 1 unspecified atom stereocenters. The molecule has 1 saturated heterocycles. The molecule has 1 saturated carbocycles. The van der Waals surface area contributed by atoms with Crippen LogP contribution in [0.2, 0.25) is 0 Å². The smallest absolute Gasteiger partial charge is 0.317 e. The maximum atomic E-state index is 12.4. The lowest BCUT2D eigenvalue weighted by Gasteiger charge is -2.29. The molecule has 1 aromatic rings. The number of carbonyl (C=O) groups is 1. The molecular formula is C17H24N2O. The molecule has 1 atom stereocenters. The Labute approximate surface area is 121 Å². The summed E-state index contributed by atoms with van der Waals surface area (Å²) in [4.78, 5) is 14.5. The van der Waals surface area contributed by atoms with Gasteiger partial charge in [-0.2, -0.15) is 0 Å². The van der Waals surface area contributed by atoms with Gasteiger partial charge in [-0.15, -0.1) is 0 Å². The van der Waals surface area contributed by atoms with Crippen LogP contribution in [0.25, 0.3) is 0 Å². The second kappa shape index (κ2) is 6.29. The van der Waals surface area contributed by atoms with Crippen molar-refractivity contribution in [1.29, 1.82) is 0 Å². The molecule has 1 heterocycles. The lowest BCUT2D eigenvalue weighted by Crippen LogP contribution is -2.45. The number of nitrogens with one attached hydrogen (secondary N) is 1. The van der Waals surface area contributed by atoms with Gasteiger partial charge in [0.15, 0.2) is 0 Å². The zero-order valence-electron chi connectivity index (χ0n) is 12.1. The quantitative estimate of drug-likeness (QED) is 0.896. The van der Waals surface area contributed by atoms with Gasteiger partial charge >= 0.3 is 6.03 Å². The number of urea groups is 1. The second-order valence-corrected chi connectivity index (χ2v) is 6.09. The van der Waals surface area contributed by atoms with Crippen molar-refractivity contribution in [3.8, 4) is 0 Å². The number of amides is 2. The van der Waals surface area contributed by atoms with Crippen molar-refractivity contribution >= 4 is 6.03 Å². The van der Waals surface area contributed by atoms with Gasteiger partial charge in [0.25, 0.3) is 0 Å². The highest BCUT2D eigenvalue weighted by molar-refractivity contribution is 5.74. The predicted octanol–water partition coefficient (Wildman–Crippen LogP) is 3.55. The number of rotatable bonds is 3. The third-order valence-electron chi connectivity index (χ3n) is 4.79. The summed E-state index contributed by atoms with van der Waals surface area (Å²) in [5, 5.41) is 3.08. The van der Waals surface area contributed by atoms with E-state index in [1.807, 2.05) is 18.2 Å². The first-order valence-corrected chi connectivity index (χ1v) is 7.93. The zero-order chi connectivity index (χ0) is 13.8. The van der Waals surface area contributed by atoms with Crippen LogP contribution in [-0.2, 0) is 6.54 Å². The van der Waals surface area contributed by atoms with E-state index in [2.05, 4.69) is 22.3 Å². The zero-order valence-corrected chi connectivity index (χ0v) is 12.1. The molecule has 0 radical (unpaired) electrons. The summed E-state index contributed by atoms with van der Waals surface area (Å²) in [5.41, 5.74) is 1.16. The van der Waals surface area contributed by atoms with Crippen molar-refractivity contribution in [1.82, 2.24) is 10.2 Å². The van der Waals surface area contributed by atoms with Gasteiger partial charge in [0.1, 0.15) is 0 Å². The Balaban J connectivity index is 1.55. The van der Waals surface area contributed by atoms with E-state index >= 15 is 0 Å². The second-order valence-electron chi connectivity index (χ2n) is 6.09. The monoisotopic (exact) mass is 272 g/mol. The van der Waals surface area contributed by atoms with E-state index in [-0.39, 0.29) is 6.03 Å². The van der Waals surface area contributed by atoms with E-state index in [1.54, 1.807) is 0 Å². The minimum atomic E-state index is 0.128. The normalized spacial score (nSPS) is 23.2. The molecule has 3 nitrogen and oxygen atoms in total. The highest BCUT2D eigenvalue weighted by Gasteiger charge is 2.35. The third kappa shape index (κ3) is 2.97. The molecule has 2 fully saturated rings. The average Bonchev–Trinajstić information content (AvgIpc) is 3.15. The summed E-state index contributed by atoms with van der Waals surface area (Å²) in [7, 11) is 0. The van der Waals surface area contributed by atoms with Crippen LogP contribution in [0.4, 0.5) is 4.79 Å². The number of nitrogens with zero attached hydrogens (tertiary/aromatic N) is 1. The summed E-state index contributed by atoms with van der Waals surface area (Å²) in [6.45, 7) is 1.56. The highest BCUT2D eigenvalue weighted by atomic mass is 16.2. The van der Waals surface area contributed by atoms with Crippen molar-refractivity contribution in [2.75, 3.05) is 6.54 Å². The van der Waals surface area contributed by atoms with Crippen LogP contribution in [0, 0.1) is 5.92 Å². The van der Waals surface area contributed by atoms with Gasteiger partial charge in [0.05, 0.1) is 0 Å². The van der Waals surface area contributed by atoms with Crippen molar-refractivity contribution in [3.63, 3.8) is 0 Å². The minimum absolute atomic E-state index is 0.128. The first-order chi connectivity index (χ1) is 9.84. The first kappa shape index (κ1) is 13.5. The summed E-state index contributed by atoms with van der Waals surface area (Å²) in [6, 6.07) is 10.8. The van der Waals surface area contributed by atoms with Gasteiger partial charge in [0, 0.05) is 19.1 Å². The standard InChI is InChI=1S/C17H24N2O/c20-17(18-13-14-7-2-1-3-8-14)19-12-6-11-16(19)15-9-4-5-10-15/h1-3,7-8,15-16H,4-6,9-13H2,(H,18,20). The van der Waals surface area contributed by atoms with Crippen LogP contribution in [0.5, 0.6) is 0 Å². The van der Waals surface area contributed by atoms with Crippen molar-refractivity contribution < 1.29 is 4.79 Å². The number of hydrogen-bond acceptors (Lipinski definition) is 1. The molecule has 3 rings (SSSR count). The number of carbonyl (C=O) groups excluding carboxylic acids is 1. The van der Waals surface area contributed by atoms with Crippen LogP contribution >= 0.6 is 0 Å². The molecule has 2 amide bonds. The molecule has 108 valence electrons. The van der Waals surface area contributed by atoms with E-state index in [0.29, 0.717) is 12.6 Å². The van der Waals surface area contributed by atoms with Crippen LogP contribution in [0.15, 0.2) is 30.3 Å². The van der Waals surface area contributed by atoms with Crippen molar-refractivity contribution in [2.24, 2.45) is 5.92 Å². The van der Waals surface area contributed by atoms with Gasteiger partial charge in [-0.25, -0.2) is 4.79 Å². The fourth-order valence-electron chi connectivity index (χ4n) is 3.75. The SMILES string of the molecule is O=C(NCc1ccccc1)N1CCCC1C1CCCC1. The lowest BCUT2D eigenvalue weighted by atomic mass is 9.96. The minimum Gasteiger partial charge on any atom is -0.334 e. The van der Waals surface area contributed by atoms with E-state index < -0.39 is 0 Å². The lowest BCUT2D eigenvalue weighted by molar-refractivity contribution is 0.172. The molecule has 1 aromatic carbocycles. The summed E-state index contributed by atoms with van der Waals surface area (Å²) in [5.74, 6) is 0.750. The van der Waals surface area contributed by atoms with Crippen LogP contribution in [0.3, 0.4) is 0 Å². The van der Waals surface area contributed by atoms with E-state index in [4.69, 9.17) is 0 Å². The van der Waals surface area contributed by atoms with Crippen LogP contribution in [0.1, 0.15) is 44.1 Å². The molecule has 1 aliphatic carbocycles. The number of hydrogen-bond donors (Lipinski definition) is 1. The fraction of sp³-hybridized carbons (Fsp3) is 0.588. The van der Waals surface area contributed by atoms with E-state index in [9.17, 15) is 4.79 Å².